The van der Waals surface area contributed by atoms with Gasteiger partial charge in [-0.15, -0.1) is 0 Å². The lowest BCUT2D eigenvalue weighted by atomic mass is 10.0. The van der Waals surface area contributed by atoms with Gasteiger partial charge in [0, 0.05) is 19.4 Å². The summed E-state index contributed by atoms with van der Waals surface area (Å²) in [6.07, 6.45) is 88.4. The summed E-state index contributed by atoms with van der Waals surface area (Å²) in [7, 11) is -4.40. The lowest BCUT2D eigenvalue weighted by molar-refractivity contribution is -0.161. The molecule has 0 aromatic rings. The Morgan fingerprint density at radius 1 is 0.392 bits per heavy atom. The van der Waals surface area contributed by atoms with Crippen LogP contribution in [0.5, 0.6) is 0 Å². The molecule has 0 aliphatic carbocycles. The molecule has 452 valence electrons. The van der Waals surface area contributed by atoms with E-state index in [-0.39, 0.29) is 38.6 Å². The third-order valence-corrected chi connectivity index (χ3v) is 14.3. The number of hydrogen-bond acceptors (Lipinski definition) is 8. The van der Waals surface area contributed by atoms with Crippen molar-refractivity contribution in [3.05, 3.63) is 122 Å². The van der Waals surface area contributed by atoms with Gasteiger partial charge in [-0.3, -0.25) is 18.6 Å². The zero-order chi connectivity index (χ0) is 57.3. The molecular formula is C69H118NO8P. The summed E-state index contributed by atoms with van der Waals surface area (Å²) in [4.78, 5) is 35.3. The van der Waals surface area contributed by atoms with E-state index in [0.29, 0.717) is 6.42 Å². The number of phosphoric ester groups is 1. The van der Waals surface area contributed by atoms with E-state index in [1.165, 1.54) is 116 Å². The molecule has 9 nitrogen and oxygen atoms in total. The molecule has 2 atom stereocenters. The Morgan fingerprint density at radius 3 is 1.04 bits per heavy atom. The first-order valence-electron chi connectivity index (χ1n) is 32.0. The van der Waals surface area contributed by atoms with Crippen LogP contribution in [-0.4, -0.2) is 49.3 Å². The van der Waals surface area contributed by atoms with E-state index in [4.69, 9.17) is 24.3 Å². The number of unbranched alkanes of at least 4 members (excludes halogenated alkanes) is 26. The van der Waals surface area contributed by atoms with E-state index < -0.39 is 26.5 Å². The van der Waals surface area contributed by atoms with Crippen LogP contribution < -0.4 is 5.73 Å². The van der Waals surface area contributed by atoms with Crippen LogP contribution in [-0.2, 0) is 32.7 Å². The van der Waals surface area contributed by atoms with E-state index in [0.717, 1.165) is 122 Å². The van der Waals surface area contributed by atoms with Gasteiger partial charge in [0.1, 0.15) is 6.61 Å². The summed E-state index contributed by atoms with van der Waals surface area (Å²) in [5.41, 5.74) is 5.39. The number of carbonyl (C=O) groups is 2. The molecule has 0 aliphatic rings. The maximum absolute atomic E-state index is 12.7. The van der Waals surface area contributed by atoms with Crippen LogP contribution in [0.25, 0.3) is 0 Å². The highest BCUT2D eigenvalue weighted by atomic mass is 31.2. The van der Waals surface area contributed by atoms with Gasteiger partial charge >= 0.3 is 19.8 Å². The van der Waals surface area contributed by atoms with Crippen LogP contribution in [0.3, 0.4) is 0 Å². The monoisotopic (exact) mass is 1120 g/mol. The molecule has 0 aromatic carbocycles. The number of phosphoric acid groups is 1. The normalized spacial score (nSPS) is 13.8. The van der Waals surface area contributed by atoms with Crippen molar-refractivity contribution in [3.8, 4) is 0 Å². The Labute approximate surface area is 485 Å². The minimum atomic E-state index is -4.40. The zero-order valence-electron chi connectivity index (χ0n) is 50.6. The molecular weight excluding hydrogens is 1000 g/mol. The van der Waals surface area contributed by atoms with Crippen LogP contribution in [0.2, 0.25) is 0 Å². The van der Waals surface area contributed by atoms with Gasteiger partial charge < -0.3 is 20.1 Å². The van der Waals surface area contributed by atoms with Crippen molar-refractivity contribution in [1.82, 2.24) is 0 Å². The van der Waals surface area contributed by atoms with Gasteiger partial charge in [-0.2, -0.15) is 0 Å². The number of carbonyl (C=O) groups excluding carboxylic acids is 2. The van der Waals surface area contributed by atoms with Crippen molar-refractivity contribution >= 4 is 19.8 Å². The zero-order valence-corrected chi connectivity index (χ0v) is 51.5. The molecule has 0 saturated heterocycles. The van der Waals surface area contributed by atoms with Gasteiger partial charge in [0.2, 0.25) is 0 Å². The number of hydrogen-bond donors (Lipinski definition) is 2. The summed E-state index contributed by atoms with van der Waals surface area (Å²) in [5, 5.41) is 0. The molecule has 79 heavy (non-hydrogen) atoms. The topological polar surface area (TPSA) is 134 Å². The predicted molar refractivity (Wildman–Crippen MR) is 339 cm³/mol. The molecule has 10 heteroatoms. The van der Waals surface area contributed by atoms with Gasteiger partial charge in [-0.1, -0.05) is 289 Å². The van der Waals surface area contributed by atoms with E-state index >= 15 is 0 Å². The largest absolute Gasteiger partial charge is 0.472 e. The standard InChI is InChI=1S/C69H118NO8P/c1-3-5-7-9-11-13-15-17-19-21-23-25-26-27-28-29-30-31-32-33-34-35-36-37-38-39-40-42-44-46-48-50-52-54-56-58-60-62-69(72)78-67(66-77-79(73,74)76-64-63-70)65-75-68(71)61-59-57-55-53-51-49-47-45-43-41-24-22-20-18-16-14-12-10-8-6-4-2/h5,7,11,13,17,19,23,25,27-28,30-31,33-34,36-37,39-40,44,46,67H,3-4,6,8-10,12,14-16,18,20-22,24,26,29,32,35,38,41-43,45,47-66,70H2,1-2H3,(H,73,74)/b7-5-,13-11-,19-17-,25-23-,28-27-,31-30-,34-33-,37-36-,40-39-,46-44-. The number of allylic oxidation sites excluding steroid dienone is 20. The molecule has 0 saturated carbocycles. The van der Waals surface area contributed by atoms with Crippen LogP contribution in [0.1, 0.15) is 271 Å². The lowest BCUT2D eigenvalue weighted by Gasteiger charge is -2.19. The molecule has 0 aliphatic heterocycles. The van der Waals surface area contributed by atoms with Crippen LogP contribution in [0, 0.1) is 0 Å². The molecule has 0 aromatic heterocycles. The second-order valence-corrected chi connectivity index (χ2v) is 22.4. The third kappa shape index (κ3) is 63.5. The molecule has 0 rings (SSSR count). The fourth-order valence-electron chi connectivity index (χ4n) is 8.67. The summed E-state index contributed by atoms with van der Waals surface area (Å²) >= 11 is 0. The highest BCUT2D eigenvalue weighted by Gasteiger charge is 2.26. The fourth-order valence-corrected chi connectivity index (χ4v) is 9.43. The van der Waals surface area contributed by atoms with E-state index in [9.17, 15) is 19.0 Å². The first-order valence-corrected chi connectivity index (χ1v) is 33.5. The Bertz CT molecular complexity index is 1710. The fraction of sp³-hybridized carbons (Fsp3) is 0.681. The number of nitrogens with two attached hydrogens (primary N) is 1. The average molecular weight is 1120 g/mol. The average Bonchev–Trinajstić information content (AvgIpc) is 3.44. The van der Waals surface area contributed by atoms with Gasteiger partial charge in [0.15, 0.2) is 6.10 Å². The number of rotatable bonds is 59. The van der Waals surface area contributed by atoms with E-state index in [2.05, 4.69) is 135 Å². The summed E-state index contributed by atoms with van der Waals surface area (Å²) in [6, 6.07) is 0. The van der Waals surface area contributed by atoms with Crippen molar-refractivity contribution in [2.45, 2.75) is 277 Å². The maximum atomic E-state index is 12.7. The van der Waals surface area contributed by atoms with Crippen molar-refractivity contribution in [2.75, 3.05) is 26.4 Å². The first-order chi connectivity index (χ1) is 38.8. The second-order valence-electron chi connectivity index (χ2n) is 20.9. The van der Waals surface area contributed by atoms with Crippen LogP contribution in [0.15, 0.2) is 122 Å². The van der Waals surface area contributed by atoms with Gasteiger partial charge in [-0.25, -0.2) is 4.57 Å². The minimum Gasteiger partial charge on any atom is -0.462 e. The molecule has 0 spiro atoms. The quantitative estimate of drug-likeness (QED) is 0.0264. The van der Waals surface area contributed by atoms with Crippen molar-refractivity contribution in [3.63, 3.8) is 0 Å². The highest BCUT2D eigenvalue weighted by Crippen LogP contribution is 2.43. The Hall–Kier alpha value is -3.59. The Balaban J connectivity index is 4.01. The molecule has 0 fully saturated rings. The maximum Gasteiger partial charge on any atom is 0.472 e. The second kappa shape index (κ2) is 63.6. The van der Waals surface area contributed by atoms with Crippen molar-refractivity contribution in [1.29, 1.82) is 0 Å². The summed E-state index contributed by atoms with van der Waals surface area (Å²) < 4.78 is 33.1. The first kappa shape index (κ1) is 75.4. The Morgan fingerprint density at radius 2 is 0.696 bits per heavy atom. The van der Waals surface area contributed by atoms with Gasteiger partial charge in [0.25, 0.3) is 0 Å². The van der Waals surface area contributed by atoms with E-state index in [1.807, 2.05) is 0 Å². The molecule has 0 radical (unpaired) electrons. The Kier molecular flexibility index (Phi) is 60.7. The van der Waals surface area contributed by atoms with Crippen molar-refractivity contribution in [2.24, 2.45) is 5.73 Å². The van der Waals surface area contributed by atoms with Gasteiger partial charge in [0.05, 0.1) is 13.2 Å². The number of ether oxygens (including phenoxy) is 2. The third-order valence-electron chi connectivity index (χ3n) is 13.4. The molecule has 0 amide bonds. The molecule has 0 bridgehead atoms. The van der Waals surface area contributed by atoms with Crippen LogP contribution in [0.4, 0.5) is 0 Å². The molecule has 3 N–H and O–H groups in total. The minimum absolute atomic E-state index is 0.0463. The number of esters is 2. The molecule has 0 heterocycles. The molecule has 2 unspecified atom stereocenters. The lowest BCUT2D eigenvalue weighted by Crippen LogP contribution is -2.29. The van der Waals surface area contributed by atoms with Crippen molar-refractivity contribution < 1.29 is 37.6 Å². The highest BCUT2D eigenvalue weighted by molar-refractivity contribution is 7.47. The predicted octanol–water partition coefficient (Wildman–Crippen LogP) is 20.7. The van der Waals surface area contributed by atoms with Crippen LogP contribution >= 0.6 is 7.82 Å². The van der Waals surface area contributed by atoms with E-state index in [1.54, 1.807) is 0 Å². The SMILES string of the molecule is CC/C=C\C/C=C\C/C=C\C/C=C\C/C=C\C/C=C\C/C=C\C/C=C\C/C=C\C/C=C\CCCCCCCCC(=O)OC(COC(=O)CCCCCCCCCCCCCCCCCCCCCCC)COP(=O)(O)OCCN. The summed E-state index contributed by atoms with van der Waals surface area (Å²) in [6.45, 7) is 3.63. The smallest absolute Gasteiger partial charge is 0.462 e. The summed E-state index contributed by atoms with van der Waals surface area (Å²) in [5.74, 6) is -0.842. The van der Waals surface area contributed by atoms with Gasteiger partial charge in [-0.05, 0) is 89.9 Å².